The van der Waals surface area contributed by atoms with Gasteiger partial charge in [-0.2, -0.15) is 13.2 Å². The number of amides is 2. The van der Waals surface area contributed by atoms with Gasteiger partial charge in [0.05, 0.1) is 5.56 Å². The van der Waals surface area contributed by atoms with E-state index in [1.54, 1.807) is 4.90 Å². The summed E-state index contributed by atoms with van der Waals surface area (Å²) in [7, 11) is 0. The summed E-state index contributed by atoms with van der Waals surface area (Å²) in [5.41, 5.74) is 1.23. The van der Waals surface area contributed by atoms with Crippen LogP contribution in [-0.4, -0.2) is 29.8 Å². The number of halogens is 3. The van der Waals surface area contributed by atoms with Crippen LogP contribution in [0.3, 0.4) is 0 Å². The molecule has 1 saturated heterocycles. The minimum atomic E-state index is -4.43. The van der Waals surface area contributed by atoms with Gasteiger partial charge in [0.15, 0.2) is 0 Å². The summed E-state index contributed by atoms with van der Waals surface area (Å²) >= 11 is 0. The molecule has 3 rings (SSSR count). The van der Waals surface area contributed by atoms with E-state index in [4.69, 9.17) is 0 Å². The van der Waals surface area contributed by atoms with E-state index in [1.807, 2.05) is 31.2 Å². The minimum Gasteiger partial charge on any atom is -0.339 e. The standard InChI is InChI=1S/C21H21F3N2O2/c1-14-3-2-4-18(13-14)25-19(27)15-9-11-26(12-10-15)20(28)16-5-7-17(8-6-16)21(22,23)24/h2-8,13,15H,9-12H2,1H3,(H,25,27). The van der Waals surface area contributed by atoms with E-state index >= 15 is 0 Å². The number of anilines is 1. The molecule has 148 valence electrons. The summed E-state index contributed by atoms with van der Waals surface area (Å²) in [5, 5.41) is 2.90. The first kappa shape index (κ1) is 19.9. The second-order valence-electron chi connectivity index (χ2n) is 7.00. The van der Waals surface area contributed by atoms with E-state index in [1.165, 1.54) is 12.1 Å². The molecular weight excluding hydrogens is 369 g/mol. The first-order valence-corrected chi connectivity index (χ1v) is 9.08. The Bertz CT molecular complexity index is 855. The lowest BCUT2D eigenvalue weighted by Gasteiger charge is -2.31. The van der Waals surface area contributed by atoms with E-state index < -0.39 is 11.7 Å². The first-order valence-electron chi connectivity index (χ1n) is 9.08. The maximum atomic E-state index is 12.6. The second kappa shape index (κ2) is 8.04. The predicted molar refractivity (Wildman–Crippen MR) is 99.9 cm³/mol. The fraction of sp³-hybridized carbons (Fsp3) is 0.333. The monoisotopic (exact) mass is 390 g/mol. The number of nitrogens with one attached hydrogen (secondary N) is 1. The molecule has 1 fully saturated rings. The topological polar surface area (TPSA) is 49.4 Å². The van der Waals surface area contributed by atoms with Gasteiger partial charge >= 0.3 is 6.18 Å². The molecule has 1 aliphatic rings. The maximum absolute atomic E-state index is 12.6. The van der Waals surface area contributed by atoms with Crippen LogP contribution in [0, 0.1) is 12.8 Å². The first-order chi connectivity index (χ1) is 13.2. The average molecular weight is 390 g/mol. The molecule has 1 N–H and O–H groups in total. The van der Waals surface area contributed by atoms with Gasteiger partial charge in [0, 0.05) is 30.3 Å². The van der Waals surface area contributed by atoms with Crippen molar-refractivity contribution in [3.05, 3.63) is 65.2 Å². The van der Waals surface area contributed by atoms with E-state index in [9.17, 15) is 22.8 Å². The molecule has 0 spiro atoms. The Morgan fingerprint density at radius 3 is 2.25 bits per heavy atom. The molecule has 2 amide bonds. The fourth-order valence-corrected chi connectivity index (χ4v) is 3.30. The van der Waals surface area contributed by atoms with E-state index in [0.29, 0.717) is 25.9 Å². The van der Waals surface area contributed by atoms with Gasteiger partial charge in [0.1, 0.15) is 0 Å². The molecule has 28 heavy (non-hydrogen) atoms. The van der Waals surface area contributed by atoms with Crippen molar-refractivity contribution in [1.82, 2.24) is 4.90 Å². The zero-order chi connectivity index (χ0) is 20.3. The third-order valence-corrected chi connectivity index (χ3v) is 4.90. The molecule has 2 aromatic rings. The number of hydrogen-bond donors (Lipinski definition) is 1. The largest absolute Gasteiger partial charge is 0.416 e. The maximum Gasteiger partial charge on any atom is 0.416 e. The highest BCUT2D eigenvalue weighted by atomic mass is 19.4. The van der Waals surface area contributed by atoms with Crippen molar-refractivity contribution in [1.29, 1.82) is 0 Å². The molecule has 0 aromatic heterocycles. The molecule has 4 nitrogen and oxygen atoms in total. The fourth-order valence-electron chi connectivity index (χ4n) is 3.30. The molecule has 1 heterocycles. The SMILES string of the molecule is Cc1cccc(NC(=O)C2CCN(C(=O)c3ccc(C(F)(F)F)cc3)CC2)c1. The van der Waals surface area contributed by atoms with Crippen LogP contribution in [0.5, 0.6) is 0 Å². The van der Waals surface area contributed by atoms with Gasteiger partial charge < -0.3 is 10.2 Å². The number of likely N-dealkylation sites (tertiary alicyclic amines) is 1. The summed E-state index contributed by atoms with van der Waals surface area (Å²) in [4.78, 5) is 26.5. The normalized spacial score (nSPS) is 15.4. The van der Waals surface area contributed by atoms with Crippen LogP contribution in [0.4, 0.5) is 18.9 Å². The van der Waals surface area contributed by atoms with Gasteiger partial charge in [-0.1, -0.05) is 12.1 Å². The zero-order valence-corrected chi connectivity index (χ0v) is 15.4. The number of carbonyl (C=O) groups excluding carboxylic acids is 2. The van der Waals surface area contributed by atoms with Gasteiger partial charge in [-0.05, 0) is 61.7 Å². The molecule has 0 atom stereocenters. The molecule has 1 aliphatic heterocycles. The Hall–Kier alpha value is -2.83. The molecular formula is C21H21F3N2O2. The van der Waals surface area contributed by atoms with Crippen molar-refractivity contribution in [3.8, 4) is 0 Å². The Morgan fingerprint density at radius 1 is 1.04 bits per heavy atom. The lowest BCUT2D eigenvalue weighted by atomic mass is 9.95. The number of alkyl halides is 3. The molecule has 0 bridgehead atoms. The Morgan fingerprint density at radius 2 is 1.68 bits per heavy atom. The smallest absolute Gasteiger partial charge is 0.339 e. The van der Waals surface area contributed by atoms with Crippen LogP contribution >= 0.6 is 0 Å². The van der Waals surface area contributed by atoms with Crippen LogP contribution < -0.4 is 5.32 Å². The van der Waals surface area contributed by atoms with Gasteiger partial charge in [-0.15, -0.1) is 0 Å². The van der Waals surface area contributed by atoms with Gasteiger partial charge in [0.25, 0.3) is 5.91 Å². The molecule has 2 aromatic carbocycles. The van der Waals surface area contributed by atoms with Gasteiger partial charge in [-0.3, -0.25) is 9.59 Å². The Balaban J connectivity index is 1.56. The number of nitrogens with zero attached hydrogens (tertiary/aromatic N) is 1. The van der Waals surface area contributed by atoms with Crippen LogP contribution in [0.1, 0.15) is 34.3 Å². The van der Waals surface area contributed by atoms with Crippen LogP contribution in [0.2, 0.25) is 0 Å². The predicted octanol–water partition coefficient (Wildman–Crippen LogP) is 4.50. The quantitative estimate of drug-likeness (QED) is 0.839. The second-order valence-corrected chi connectivity index (χ2v) is 7.00. The summed E-state index contributed by atoms with van der Waals surface area (Å²) < 4.78 is 37.9. The van der Waals surface area contributed by atoms with Crippen molar-refractivity contribution in [2.75, 3.05) is 18.4 Å². The number of hydrogen-bond acceptors (Lipinski definition) is 2. The number of carbonyl (C=O) groups is 2. The van der Waals surface area contributed by atoms with Crippen molar-refractivity contribution < 1.29 is 22.8 Å². The Labute approximate surface area is 161 Å². The highest BCUT2D eigenvalue weighted by Gasteiger charge is 2.31. The highest BCUT2D eigenvalue weighted by Crippen LogP contribution is 2.29. The van der Waals surface area contributed by atoms with Gasteiger partial charge in [-0.25, -0.2) is 0 Å². The minimum absolute atomic E-state index is 0.0766. The summed E-state index contributed by atoms with van der Waals surface area (Å²) in [6.07, 6.45) is -3.39. The van der Waals surface area contributed by atoms with E-state index in [2.05, 4.69) is 5.32 Å². The average Bonchev–Trinajstić information content (AvgIpc) is 2.67. The van der Waals surface area contributed by atoms with Crippen molar-refractivity contribution >= 4 is 17.5 Å². The number of benzene rings is 2. The molecule has 0 saturated carbocycles. The summed E-state index contributed by atoms with van der Waals surface area (Å²) in [6.45, 7) is 2.73. The van der Waals surface area contributed by atoms with E-state index in [0.717, 1.165) is 23.4 Å². The number of aryl methyl sites for hydroxylation is 1. The van der Waals surface area contributed by atoms with Crippen LogP contribution in [0.15, 0.2) is 48.5 Å². The zero-order valence-electron chi connectivity index (χ0n) is 15.4. The van der Waals surface area contributed by atoms with Crippen molar-refractivity contribution in [2.45, 2.75) is 25.9 Å². The highest BCUT2D eigenvalue weighted by molar-refractivity contribution is 5.95. The van der Waals surface area contributed by atoms with Crippen LogP contribution in [-0.2, 0) is 11.0 Å². The number of piperidine rings is 1. The third-order valence-electron chi connectivity index (χ3n) is 4.90. The van der Waals surface area contributed by atoms with E-state index in [-0.39, 0.29) is 23.3 Å². The summed E-state index contributed by atoms with van der Waals surface area (Å²) in [5.74, 6) is -0.587. The van der Waals surface area contributed by atoms with Crippen LogP contribution in [0.25, 0.3) is 0 Å². The molecule has 0 aliphatic carbocycles. The molecule has 7 heteroatoms. The van der Waals surface area contributed by atoms with Gasteiger partial charge in [0.2, 0.25) is 5.91 Å². The lowest BCUT2D eigenvalue weighted by Crippen LogP contribution is -2.41. The van der Waals surface area contributed by atoms with Crippen molar-refractivity contribution in [3.63, 3.8) is 0 Å². The Kier molecular flexibility index (Phi) is 5.72. The lowest BCUT2D eigenvalue weighted by molar-refractivity contribution is -0.137. The van der Waals surface area contributed by atoms with Crippen molar-refractivity contribution in [2.24, 2.45) is 5.92 Å². The molecule has 0 radical (unpaired) electrons. The number of rotatable bonds is 3. The summed E-state index contributed by atoms with van der Waals surface area (Å²) in [6, 6.07) is 11.8. The molecule has 0 unspecified atom stereocenters. The third kappa shape index (κ3) is 4.71.